The highest BCUT2D eigenvalue weighted by molar-refractivity contribution is 7.92. The number of carbonyl (C=O) groups excluding carboxylic acids is 2. The van der Waals surface area contributed by atoms with Crippen LogP contribution in [0.1, 0.15) is 32.8 Å². The Morgan fingerprint density at radius 1 is 0.892 bits per heavy atom. The summed E-state index contributed by atoms with van der Waals surface area (Å²) >= 11 is 6.04. The molecular formula is C28H32ClN3O4S. The summed E-state index contributed by atoms with van der Waals surface area (Å²) in [6.45, 7) is 5.19. The van der Waals surface area contributed by atoms with E-state index in [1.807, 2.05) is 51.1 Å². The summed E-state index contributed by atoms with van der Waals surface area (Å²) in [5.41, 5.74) is 1.12. The van der Waals surface area contributed by atoms with E-state index >= 15 is 0 Å². The molecule has 0 heterocycles. The molecule has 0 aliphatic carbocycles. The molecule has 0 unspecified atom stereocenters. The maximum atomic E-state index is 13.9. The molecule has 3 rings (SSSR count). The third-order valence-electron chi connectivity index (χ3n) is 5.74. The van der Waals surface area contributed by atoms with Crippen LogP contribution in [0.4, 0.5) is 5.69 Å². The minimum atomic E-state index is -4.10. The van der Waals surface area contributed by atoms with Crippen LogP contribution in [-0.4, -0.2) is 43.8 Å². The molecular weight excluding hydrogens is 510 g/mol. The van der Waals surface area contributed by atoms with E-state index < -0.39 is 28.5 Å². The van der Waals surface area contributed by atoms with E-state index in [1.165, 1.54) is 17.0 Å². The van der Waals surface area contributed by atoms with Crippen molar-refractivity contribution < 1.29 is 18.0 Å². The van der Waals surface area contributed by atoms with Crippen LogP contribution in [-0.2, 0) is 26.2 Å². The minimum absolute atomic E-state index is 0.0527. The van der Waals surface area contributed by atoms with E-state index in [4.69, 9.17) is 11.6 Å². The Labute approximate surface area is 224 Å². The monoisotopic (exact) mass is 541 g/mol. The second-order valence-corrected chi connectivity index (χ2v) is 11.2. The van der Waals surface area contributed by atoms with Crippen molar-refractivity contribution in [2.75, 3.05) is 10.8 Å². The van der Waals surface area contributed by atoms with E-state index in [2.05, 4.69) is 5.32 Å². The van der Waals surface area contributed by atoms with Gasteiger partial charge in [-0.2, -0.15) is 0 Å². The van der Waals surface area contributed by atoms with Gasteiger partial charge in [-0.15, -0.1) is 0 Å². The molecule has 0 aliphatic heterocycles. The van der Waals surface area contributed by atoms with Gasteiger partial charge >= 0.3 is 0 Å². The molecule has 1 N–H and O–H groups in total. The van der Waals surface area contributed by atoms with Crippen molar-refractivity contribution in [1.82, 2.24) is 10.2 Å². The molecule has 1 atom stereocenters. The average molecular weight is 542 g/mol. The number of anilines is 1. The molecule has 196 valence electrons. The van der Waals surface area contributed by atoms with Crippen LogP contribution in [0.15, 0.2) is 89.8 Å². The van der Waals surface area contributed by atoms with Crippen molar-refractivity contribution in [2.45, 2.75) is 50.7 Å². The number of carbonyl (C=O) groups is 2. The first-order valence-corrected chi connectivity index (χ1v) is 13.9. The number of benzene rings is 3. The van der Waals surface area contributed by atoms with Gasteiger partial charge in [0.25, 0.3) is 10.0 Å². The molecule has 0 saturated carbocycles. The zero-order chi connectivity index (χ0) is 27.0. The highest BCUT2D eigenvalue weighted by atomic mass is 35.5. The van der Waals surface area contributed by atoms with E-state index in [1.54, 1.807) is 42.5 Å². The van der Waals surface area contributed by atoms with E-state index in [-0.39, 0.29) is 23.4 Å². The van der Waals surface area contributed by atoms with E-state index in [9.17, 15) is 18.0 Å². The number of hydrogen-bond donors (Lipinski definition) is 1. The molecule has 3 aromatic rings. The molecule has 0 aliphatic rings. The molecule has 0 saturated heterocycles. The fourth-order valence-corrected chi connectivity index (χ4v) is 5.50. The smallest absolute Gasteiger partial charge is 0.264 e. The highest BCUT2D eigenvalue weighted by Crippen LogP contribution is 2.26. The van der Waals surface area contributed by atoms with Gasteiger partial charge in [0.15, 0.2) is 0 Å². The summed E-state index contributed by atoms with van der Waals surface area (Å²) in [7, 11) is -4.10. The number of halogens is 1. The lowest BCUT2D eigenvalue weighted by Gasteiger charge is -2.33. The molecule has 0 fully saturated rings. The molecule has 2 amide bonds. The first-order chi connectivity index (χ1) is 17.6. The second-order valence-electron chi connectivity index (χ2n) is 8.90. The van der Waals surface area contributed by atoms with Crippen LogP contribution in [0.2, 0.25) is 5.02 Å². The third kappa shape index (κ3) is 7.33. The van der Waals surface area contributed by atoms with Gasteiger partial charge in [0, 0.05) is 17.6 Å². The number of hydrogen-bond acceptors (Lipinski definition) is 4. The predicted molar refractivity (Wildman–Crippen MR) is 147 cm³/mol. The largest absolute Gasteiger partial charge is 0.352 e. The van der Waals surface area contributed by atoms with Crippen molar-refractivity contribution in [3.8, 4) is 0 Å². The number of amides is 2. The molecule has 0 bridgehead atoms. The Balaban J connectivity index is 2.03. The summed E-state index contributed by atoms with van der Waals surface area (Å²) in [5.74, 6) is -0.783. The van der Waals surface area contributed by atoms with E-state index in [0.717, 1.165) is 9.87 Å². The number of sulfonamides is 1. The van der Waals surface area contributed by atoms with Gasteiger partial charge in [0.1, 0.15) is 12.6 Å². The molecule has 7 nitrogen and oxygen atoms in total. The van der Waals surface area contributed by atoms with Crippen molar-refractivity contribution in [1.29, 1.82) is 0 Å². The number of nitrogens with zero attached hydrogens (tertiary/aromatic N) is 2. The van der Waals surface area contributed by atoms with Crippen molar-refractivity contribution >= 4 is 39.1 Å². The average Bonchev–Trinajstić information content (AvgIpc) is 2.88. The van der Waals surface area contributed by atoms with Crippen LogP contribution >= 0.6 is 11.6 Å². The van der Waals surface area contributed by atoms with Crippen LogP contribution in [0.3, 0.4) is 0 Å². The first-order valence-electron chi connectivity index (χ1n) is 12.1. The first kappa shape index (κ1) is 28.2. The van der Waals surface area contributed by atoms with Crippen LogP contribution in [0.25, 0.3) is 0 Å². The lowest BCUT2D eigenvalue weighted by molar-refractivity contribution is -0.140. The second kappa shape index (κ2) is 12.7. The standard InChI is InChI=1S/C28H32ClN3O4S/c1-4-26(28(34)30-21(2)3)31(19-22-11-7-5-8-12-22)27(33)20-32(24-17-15-23(29)16-18-24)37(35,36)25-13-9-6-10-14-25/h5-18,21,26H,4,19-20H2,1-3H3,(H,30,34)/t26-/m0/s1. The summed E-state index contributed by atoms with van der Waals surface area (Å²) < 4.78 is 28.5. The Morgan fingerprint density at radius 3 is 2.00 bits per heavy atom. The van der Waals surface area contributed by atoms with Gasteiger partial charge < -0.3 is 10.2 Å². The molecule has 3 aromatic carbocycles. The van der Waals surface area contributed by atoms with Gasteiger partial charge in [-0.1, -0.05) is 67.1 Å². The number of rotatable bonds is 11. The quantitative estimate of drug-likeness (QED) is 0.375. The molecule has 0 aromatic heterocycles. The molecule has 0 spiro atoms. The van der Waals surface area contributed by atoms with Crippen LogP contribution in [0, 0.1) is 0 Å². The zero-order valence-corrected chi connectivity index (χ0v) is 22.7. The van der Waals surface area contributed by atoms with Gasteiger partial charge in [-0.25, -0.2) is 8.42 Å². The normalized spacial score (nSPS) is 12.1. The summed E-state index contributed by atoms with van der Waals surface area (Å²) in [6.07, 6.45) is 0.365. The Morgan fingerprint density at radius 2 is 1.46 bits per heavy atom. The Kier molecular flexibility index (Phi) is 9.72. The molecule has 37 heavy (non-hydrogen) atoms. The van der Waals surface area contributed by atoms with Crippen LogP contribution in [0.5, 0.6) is 0 Å². The molecule has 0 radical (unpaired) electrons. The summed E-state index contributed by atoms with van der Waals surface area (Å²) in [6, 6.07) is 22.6. The number of nitrogens with one attached hydrogen (secondary N) is 1. The Bertz CT molecular complexity index is 1280. The highest BCUT2D eigenvalue weighted by Gasteiger charge is 2.33. The van der Waals surface area contributed by atoms with Crippen LogP contribution < -0.4 is 9.62 Å². The van der Waals surface area contributed by atoms with Gasteiger partial charge in [-0.3, -0.25) is 13.9 Å². The lowest BCUT2D eigenvalue weighted by Crippen LogP contribution is -2.53. The Hall–Kier alpha value is -3.36. The van der Waals surface area contributed by atoms with Crippen molar-refractivity contribution in [3.05, 3.63) is 95.5 Å². The van der Waals surface area contributed by atoms with Gasteiger partial charge in [0.05, 0.1) is 10.6 Å². The summed E-state index contributed by atoms with van der Waals surface area (Å²) in [4.78, 5) is 28.5. The maximum absolute atomic E-state index is 13.9. The summed E-state index contributed by atoms with van der Waals surface area (Å²) in [5, 5.41) is 3.32. The molecule has 9 heteroatoms. The van der Waals surface area contributed by atoms with Gasteiger partial charge in [-0.05, 0) is 62.2 Å². The van der Waals surface area contributed by atoms with Crippen molar-refractivity contribution in [3.63, 3.8) is 0 Å². The third-order valence-corrected chi connectivity index (χ3v) is 7.78. The predicted octanol–water partition coefficient (Wildman–Crippen LogP) is 4.87. The fraction of sp³-hybridized carbons (Fsp3) is 0.286. The SMILES string of the molecule is CC[C@@H](C(=O)NC(C)C)N(Cc1ccccc1)C(=O)CN(c1ccc(Cl)cc1)S(=O)(=O)c1ccccc1. The lowest BCUT2D eigenvalue weighted by atomic mass is 10.1. The van der Waals surface area contributed by atoms with Gasteiger partial charge in [0.2, 0.25) is 11.8 Å². The fourth-order valence-electron chi connectivity index (χ4n) is 3.94. The maximum Gasteiger partial charge on any atom is 0.264 e. The van der Waals surface area contributed by atoms with E-state index in [0.29, 0.717) is 17.1 Å². The topological polar surface area (TPSA) is 86.8 Å². The minimum Gasteiger partial charge on any atom is -0.352 e. The zero-order valence-electron chi connectivity index (χ0n) is 21.2. The van der Waals surface area contributed by atoms with Crippen molar-refractivity contribution in [2.24, 2.45) is 0 Å².